The number of hydrogen-bond acceptors (Lipinski definition) is 2. The quantitative estimate of drug-likeness (QED) is 0.937. The van der Waals surface area contributed by atoms with Gasteiger partial charge in [-0.25, -0.2) is 8.78 Å². The Morgan fingerprint density at radius 2 is 1.70 bits per heavy atom. The van der Waals surface area contributed by atoms with Gasteiger partial charge >= 0.3 is 0 Å². The van der Waals surface area contributed by atoms with Crippen molar-refractivity contribution in [2.24, 2.45) is 0 Å². The summed E-state index contributed by atoms with van der Waals surface area (Å²) in [4.78, 5) is 14.1. The molecule has 23 heavy (non-hydrogen) atoms. The van der Waals surface area contributed by atoms with Crippen LogP contribution in [0.3, 0.4) is 0 Å². The number of carbonyl (C=O) groups is 1. The molecule has 1 saturated heterocycles. The van der Waals surface area contributed by atoms with E-state index in [4.69, 9.17) is 0 Å². The van der Waals surface area contributed by atoms with Crippen LogP contribution < -0.4 is 5.32 Å². The fraction of sp³-hybridized carbons (Fsp3) is 0.278. The number of rotatable bonds is 3. The van der Waals surface area contributed by atoms with E-state index < -0.39 is 0 Å². The average molecular weight is 316 g/mol. The summed E-state index contributed by atoms with van der Waals surface area (Å²) in [5.74, 6) is -0.687. The van der Waals surface area contributed by atoms with Gasteiger partial charge in [0.15, 0.2) is 0 Å². The number of halogens is 2. The summed E-state index contributed by atoms with van der Waals surface area (Å²) in [6.07, 6.45) is 1.59. The number of nitrogens with one attached hydrogen (secondary N) is 1. The second-order valence-corrected chi connectivity index (χ2v) is 5.73. The Morgan fingerprint density at radius 1 is 1.00 bits per heavy atom. The Labute approximate surface area is 133 Å². The average Bonchev–Trinajstić information content (AvgIpc) is 2.56. The predicted octanol–water partition coefficient (Wildman–Crippen LogP) is 3.68. The molecule has 0 radical (unpaired) electrons. The van der Waals surface area contributed by atoms with E-state index in [1.807, 2.05) is 6.07 Å². The van der Waals surface area contributed by atoms with Gasteiger partial charge in [0.25, 0.3) is 5.91 Å². The zero-order valence-electron chi connectivity index (χ0n) is 12.6. The lowest BCUT2D eigenvalue weighted by Crippen LogP contribution is -2.42. The van der Waals surface area contributed by atoms with Gasteiger partial charge in [-0.15, -0.1) is 0 Å². The van der Waals surface area contributed by atoms with E-state index in [-0.39, 0.29) is 23.6 Å². The number of amides is 1. The molecule has 120 valence electrons. The number of nitrogens with zero attached hydrogens (tertiary/aromatic N) is 1. The van der Waals surface area contributed by atoms with E-state index in [1.165, 1.54) is 36.4 Å². The van der Waals surface area contributed by atoms with Crippen molar-refractivity contribution >= 4 is 11.6 Å². The zero-order chi connectivity index (χ0) is 16.2. The van der Waals surface area contributed by atoms with Gasteiger partial charge in [-0.05, 0) is 55.3 Å². The summed E-state index contributed by atoms with van der Waals surface area (Å²) in [7, 11) is 0. The third-order valence-corrected chi connectivity index (χ3v) is 4.07. The molecule has 0 unspecified atom stereocenters. The van der Waals surface area contributed by atoms with E-state index in [0.29, 0.717) is 18.7 Å². The molecule has 1 fully saturated rings. The van der Waals surface area contributed by atoms with Gasteiger partial charge in [-0.1, -0.05) is 6.07 Å². The summed E-state index contributed by atoms with van der Waals surface area (Å²) in [5.41, 5.74) is 1.26. The van der Waals surface area contributed by atoms with Gasteiger partial charge in [0.1, 0.15) is 11.6 Å². The van der Waals surface area contributed by atoms with Crippen LogP contribution in [0.15, 0.2) is 48.5 Å². The first-order chi connectivity index (χ1) is 11.1. The molecule has 1 aliphatic heterocycles. The maximum Gasteiger partial charge on any atom is 0.253 e. The van der Waals surface area contributed by atoms with Crippen molar-refractivity contribution in [2.75, 3.05) is 18.4 Å². The Bertz CT molecular complexity index is 680. The van der Waals surface area contributed by atoms with Crippen LogP contribution in [0.25, 0.3) is 0 Å². The molecule has 2 aromatic rings. The van der Waals surface area contributed by atoms with E-state index >= 15 is 0 Å². The molecule has 3 rings (SSSR count). The highest BCUT2D eigenvalue weighted by atomic mass is 19.1. The monoisotopic (exact) mass is 316 g/mol. The molecule has 0 bridgehead atoms. The van der Waals surface area contributed by atoms with Gasteiger partial charge in [0, 0.05) is 30.4 Å². The summed E-state index contributed by atoms with van der Waals surface area (Å²) in [6, 6.07) is 12.2. The molecule has 0 aliphatic carbocycles. The SMILES string of the molecule is O=C(c1ccc(F)cc1)N1CCC(Nc2cccc(F)c2)CC1. The Kier molecular flexibility index (Phi) is 4.55. The second-order valence-electron chi connectivity index (χ2n) is 5.73. The van der Waals surface area contributed by atoms with Gasteiger partial charge in [0.05, 0.1) is 0 Å². The molecule has 0 aromatic heterocycles. The molecule has 5 heteroatoms. The van der Waals surface area contributed by atoms with Crippen LogP contribution >= 0.6 is 0 Å². The summed E-state index contributed by atoms with van der Waals surface area (Å²) in [5, 5.41) is 3.30. The van der Waals surface area contributed by atoms with Crippen molar-refractivity contribution in [1.29, 1.82) is 0 Å². The van der Waals surface area contributed by atoms with Gasteiger partial charge < -0.3 is 10.2 Å². The van der Waals surface area contributed by atoms with Crippen molar-refractivity contribution < 1.29 is 13.6 Å². The smallest absolute Gasteiger partial charge is 0.253 e. The maximum absolute atomic E-state index is 13.2. The van der Waals surface area contributed by atoms with Crippen LogP contribution in [-0.2, 0) is 0 Å². The fourth-order valence-electron chi connectivity index (χ4n) is 2.82. The lowest BCUT2D eigenvalue weighted by molar-refractivity contribution is 0.0718. The largest absolute Gasteiger partial charge is 0.382 e. The molecular weight excluding hydrogens is 298 g/mol. The normalized spacial score (nSPS) is 15.5. The molecule has 2 aromatic carbocycles. The first kappa shape index (κ1) is 15.5. The molecule has 3 nitrogen and oxygen atoms in total. The van der Waals surface area contributed by atoms with Crippen LogP contribution in [0.5, 0.6) is 0 Å². The van der Waals surface area contributed by atoms with Crippen LogP contribution in [0.4, 0.5) is 14.5 Å². The highest BCUT2D eigenvalue weighted by Gasteiger charge is 2.23. The minimum absolute atomic E-state index is 0.0748. The van der Waals surface area contributed by atoms with Crippen LogP contribution in [0, 0.1) is 11.6 Å². The van der Waals surface area contributed by atoms with Crippen molar-refractivity contribution in [2.45, 2.75) is 18.9 Å². The number of anilines is 1. The topological polar surface area (TPSA) is 32.3 Å². The molecule has 1 heterocycles. The minimum atomic E-state index is -0.348. The van der Waals surface area contributed by atoms with Crippen molar-refractivity contribution in [1.82, 2.24) is 4.90 Å². The lowest BCUT2D eigenvalue weighted by atomic mass is 10.0. The Balaban J connectivity index is 1.55. The number of likely N-dealkylation sites (tertiary alicyclic amines) is 1. The van der Waals surface area contributed by atoms with Gasteiger partial charge in [-0.3, -0.25) is 4.79 Å². The summed E-state index contributed by atoms with van der Waals surface area (Å²) < 4.78 is 26.1. The fourth-order valence-corrected chi connectivity index (χ4v) is 2.82. The molecule has 1 N–H and O–H groups in total. The van der Waals surface area contributed by atoms with Crippen molar-refractivity contribution in [3.8, 4) is 0 Å². The Hall–Kier alpha value is -2.43. The van der Waals surface area contributed by atoms with E-state index in [9.17, 15) is 13.6 Å². The molecule has 1 aliphatic rings. The van der Waals surface area contributed by atoms with Gasteiger partial charge in [0.2, 0.25) is 0 Å². The third kappa shape index (κ3) is 3.86. The first-order valence-corrected chi connectivity index (χ1v) is 7.69. The van der Waals surface area contributed by atoms with E-state index in [1.54, 1.807) is 11.0 Å². The number of hydrogen-bond donors (Lipinski definition) is 1. The second kappa shape index (κ2) is 6.77. The molecule has 0 spiro atoms. The van der Waals surface area contributed by atoms with Crippen molar-refractivity contribution in [3.05, 3.63) is 65.7 Å². The van der Waals surface area contributed by atoms with Crippen molar-refractivity contribution in [3.63, 3.8) is 0 Å². The predicted molar refractivity (Wildman–Crippen MR) is 85.3 cm³/mol. The zero-order valence-corrected chi connectivity index (χ0v) is 12.6. The molecular formula is C18H18F2N2O. The summed E-state index contributed by atoms with van der Waals surface area (Å²) in [6.45, 7) is 1.26. The Morgan fingerprint density at radius 3 is 2.35 bits per heavy atom. The highest BCUT2D eigenvalue weighted by Crippen LogP contribution is 2.19. The molecule has 0 atom stereocenters. The standard InChI is InChI=1S/C18H18F2N2O/c19-14-6-4-13(5-7-14)18(23)22-10-8-16(9-11-22)21-17-3-1-2-15(20)12-17/h1-7,12,16,21H,8-11H2. The minimum Gasteiger partial charge on any atom is -0.382 e. The van der Waals surface area contributed by atoms with E-state index in [2.05, 4.69) is 5.32 Å². The van der Waals surface area contributed by atoms with E-state index in [0.717, 1.165) is 18.5 Å². The van der Waals surface area contributed by atoms with Gasteiger partial charge in [-0.2, -0.15) is 0 Å². The molecule has 0 saturated carbocycles. The number of benzene rings is 2. The summed E-state index contributed by atoms with van der Waals surface area (Å²) >= 11 is 0. The highest BCUT2D eigenvalue weighted by molar-refractivity contribution is 5.94. The number of carbonyl (C=O) groups excluding carboxylic acids is 1. The van der Waals surface area contributed by atoms with Crippen LogP contribution in [0.1, 0.15) is 23.2 Å². The first-order valence-electron chi connectivity index (χ1n) is 7.69. The maximum atomic E-state index is 13.2. The number of piperidine rings is 1. The third-order valence-electron chi connectivity index (χ3n) is 4.07. The van der Waals surface area contributed by atoms with Crippen LogP contribution in [-0.4, -0.2) is 29.9 Å². The van der Waals surface area contributed by atoms with Crippen LogP contribution in [0.2, 0.25) is 0 Å². The molecule has 1 amide bonds. The lowest BCUT2D eigenvalue weighted by Gasteiger charge is -2.33.